The molecule has 1 nitrogen and oxygen atoms in total. The van der Waals surface area contributed by atoms with Gasteiger partial charge in [0, 0.05) is 5.04 Å². The average molecular weight is 242 g/mol. The van der Waals surface area contributed by atoms with Crippen molar-refractivity contribution >= 4 is 9.76 Å². The average Bonchev–Trinajstić information content (AvgIpc) is 2.43. The summed E-state index contributed by atoms with van der Waals surface area (Å²) in [7, 11) is -1.18. The van der Waals surface area contributed by atoms with Gasteiger partial charge in [0.1, 0.15) is 0 Å². The Balaban J connectivity index is 2.54. The molecule has 0 aliphatic rings. The summed E-state index contributed by atoms with van der Waals surface area (Å²) in [5.41, 5.74) is 2.48. The van der Waals surface area contributed by atoms with Crippen LogP contribution in [0.1, 0.15) is 24.5 Å². The van der Waals surface area contributed by atoms with Crippen molar-refractivity contribution in [2.24, 2.45) is 0 Å². The Morgan fingerprint density at radius 3 is 1.59 bits per heavy atom. The molecule has 88 valence electrons. The summed E-state index contributed by atoms with van der Waals surface area (Å²) in [6.45, 7) is 2.16. The molecule has 2 rings (SSSR count). The standard InChI is InChI=1S/C15H18OSi/c1-2-15(17-16,13-9-5-3-6-10-13)14-11-7-4-8-12-14/h3-12,16H,2,17H2,1H3. The lowest BCUT2D eigenvalue weighted by atomic mass is 9.88. The molecule has 2 aromatic rings. The van der Waals surface area contributed by atoms with Crippen molar-refractivity contribution in [3.63, 3.8) is 0 Å². The molecule has 0 saturated heterocycles. The first kappa shape index (κ1) is 12.1. The lowest BCUT2D eigenvalue weighted by Crippen LogP contribution is -2.34. The van der Waals surface area contributed by atoms with Crippen LogP contribution in [-0.4, -0.2) is 14.6 Å². The molecule has 0 aliphatic heterocycles. The van der Waals surface area contributed by atoms with E-state index in [1.54, 1.807) is 0 Å². The molecule has 0 fully saturated rings. The number of hydrogen-bond acceptors (Lipinski definition) is 1. The molecule has 2 heteroatoms. The van der Waals surface area contributed by atoms with E-state index in [4.69, 9.17) is 0 Å². The van der Waals surface area contributed by atoms with Crippen LogP contribution in [0.15, 0.2) is 60.7 Å². The fourth-order valence-corrected chi connectivity index (χ4v) is 3.44. The van der Waals surface area contributed by atoms with Crippen LogP contribution in [-0.2, 0) is 5.04 Å². The normalized spacial score (nSPS) is 12.1. The smallest absolute Gasteiger partial charge is 0.171 e. The van der Waals surface area contributed by atoms with Gasteiger partial charge in [0.15, 0.2) is 9.76 Å². The molecule has 0 heterocycles. The van der Waals surface area contributed by atoms with E-state index in [9.17, 15) is 4.80 Å². The third kappa shape index (κ3) is 2.19. The molecule has 0 amide bonds. The van der Waals surface area contributed by atoms with Crippen molar-refractivity contribution in [2.45, 2.75) is 18.4 Å². The SMILES string of the molecule is CCC([SiH2]O)(c1ccccc1)c1ccccc1. The zero-order valence-electron chi connectivity index (χ0n) is 10.1. The maximum Gasteiger partial charge on any atom is 0.171 e. The maximum atomic E-state index is 10.0. The molecular weight excluding hydrogens is 224 g/mol. The zero-order valence-corrected chi connectivity index (χ0v) is 11.5. The van der Waals surface area contributed by atoms with Crippen molar-refractivity contribution < 1.29 is 4.80 Å². The van der Waals surface area contributed by atoms with E-state index in [0.717, 1.165) is 6.42 Å². The number of rotatable bonds is 4. The van der Waals surface area contributed by atoms with Crippen molar-refractivity contribution in [2.75, 3.05) is 0 Å². The first-order valence-corrected chi connectivity index (χ1v) is 7.39. The summed E-state index contributed by atoms with van der Waals surface area (Å²) in [5, 5.41) is -0.136. The third-order valence-electron chi connectivity index (χ3n) is 3.53. The van der Waals surface area contributed by atoms with Crippen LogP contribution in [0, 0.1) is 0 Å². The van der Waals surface area contributed by atoms with Gasteiger partial charge in [0.05, 0.1) is 0 Å². The highest BCUT2D eigenvalue weighted by Gasteiger charge is 2.31. The summed E-state index contributed by atoms with van der Waals surface area (Å²) in [6, 6.07) is 20.7. The summed E-state index contributed by atoms with van der Waals surface area (Å²) in [4.78, 5) is 10.0. The maximum absolute atomic E-state index is 10.0. The molecule has 0 atom stereocenters. The van der Waals surface area contributed by atoms with Crippen molar-refractivity contribution in [3.05, 3.63) is 71.8 Å². The second kappa shape index (κ2) is 5.30. The van der Waals surface area contributed by atoms with Gasteiger partial charge in [-0.25, -0.2) is 0 Å². The van der Waals surface area contributed by atoms with Gasteiger partial charge in [-0.2, -0.15) is 0 Å². The minimum Gasteiger partial charge on any atom is -0.437 e. The van der Waals surface area contributed by atoms with Gasteiger partial charge in [-0.15, -0.1) is 0 Å². The summed E-state index contributed by atoms with van der Waals surface area (Å²) in [5.74, 6) is 0. The minimum absolute atomic E-state index is 0.136. The Kier molecular flexibility index (Phi) is 3.77. The Bertz CT molecular complexity index is 407. The van der Waals surface area contributed by atoms with Crippen LogP contribution in [0.4, 0.5) is 0 Å². The second-order valence-electron chi connectivity index (χ2n) is 4.33. The van der Waals surface area contributed by atoms with Crippen LogP contribution in [0.25, 0.3) is 0 Å². The van der Waals surface area contributed by atoms with Crippen LogP contribution >= 0.6 is 0 Å². The Labute approximate surface area is 105 Å². The fraction of sp³-hybridized carbons (Fsp3) is 0.200. The van der Waals surface area contributed by atoms with Gasteiger partial charge >= 0.3 is 0 Å². The highest BCUT2D eigenvalue weighted by atomic mass is 28.2. The predicted octanol–water partition coefficient (Wildman–Crippen LogP) is 2.42. The predicted molar refractivity (Wildman–Crippen MR) is 74.7 cm³/mol. The molecule has 0 bridgehead atoms. The zero-order chi connectivity index (χ0) is 12.1. The molecule has 17 heavy (non-hydrogen) atoms. The summed E-state index contributed by atoms with van der Waals surface area (Å²) < 4.78 is 0. The first-order valence-electron chi connectivity index (χ1n) is 6.05. The van der Waals surface area contributed by atoms with Gasteiger partial charge in [-0.1, -0.05) is 67.6 Å². The second-order valence-corrected chi connectivity index (χ2v) is 5.85. The van der Waals surface area contributed by atoms with E-state index in [-0.39, 0.29) is 5.04 Å². The van der Waals surface area contributed by atoms with E-state index in [1.165, 1.54) is 11.1 Å². The first-order chi connectivity index (χ1) is 8.33. The summed E-state index contributed by atoms with van der Waals surface area (Å²) >= 11 is 0. The molecule has 2 aromatic carbocycles. The quantitative estimate of drug-likeness (QED) is 0.816. The van der Waals surface area contributed by atoms with Crippen LogP contribution in [0.3, 0.4) is 0 Å². The molecule has 0 spiro atoms. The topological polar surface area (TPSA) is 20.2 Å². The van der Waals surface area contributed by atoms with E-state index < -0.39 is 9.76 Å². The lowest BCUT2D eigenvalue weighted by molar-refractivity contribution is 0.531. The fourth-order valence-electron chi connectivity index (χ4n) is 2.38. The number of hydrogen-bond donors (Lipinski definition) is 1. The van der Waals surface area contributed by atoms with Gasteiger partial charge in [-0.3, -0.25) is 0 Å². The minimum atomic E-state index is -1.18. The highest BCUT2D eigenvalue weighted by Crippen LogP contribution is 2.33. The largest absolute Gasteiger partial charge is 0.437 e. The monoisotopic (exact) mass is 242 g/mol. The lowest BCUT2D eigenvalue weighted by Gasteiger charge is -2.31. The molecule has 0 aromatic heterocycles. The highest BCUT2D eigenvalue weighted by molar-refractivity contribution is 6.32. The molecule has 0 unspecified atom stereocenters. The molecule has 0 aliphatic carbocycles. The van der Waals surface area contributed by atoms with E-state index in [0.29, 0.717) is 0 Å². The summed E-state index contributed by atoms with van der Waals surface area (Å²) in [6.07, 6.45) is 0.948. The van der Waals surface area contributed by atoms with Crippen LogP contribution < -0.4 is 0 Å². The van der Waals surface area contributed by atoms with E-state index >= 15 is 0 Å². The van der Waals surface area contributed by atoms with Crippen molar-refractivity contribution in [3.8, 4) is 0 Å². The van der Waals surface area contributed by atoms with Gasteiger partial charge in [0.25, 0.3) is 0 Å². The van der Waals surface area contributed by atoms with Crippen LogP contribution in [0.2, 0.25) is 0 Å². The van der Waals surface area contributed by atoms with Gasteiger partial charge in [0.2, 0.25) is 0 Å². The third-order valence-corrected chi connectivity index (χ3v) is 5.38. The number of benzene rings is 2. The van der Waals surface area contributed by atoms with Crippen molar-refractivity contribution in [1.82, 2.24) is 0 Å². The van der Waals surface area contributed by atoms with Gasteiger partial charge in [-0.05, 0) is 17.5 Å². The van der Waals surface area contributed by atoms with E-state index in [2.05, 4.69) is 31.2 Å². The molecular formula is C15H18OSi. The Hall–Kier alpha value is -1.38. The Morgan fingerprint density at radius 1 is 0.882 bits per heavy atom. The Morgan fingerprint density at radius 2 is 1.29 bits per heavy atom. The van der Waals surface area contributed by atoms with Gasteiger partial charge < -0.3 is 4.80 Å². The van der Waals surface area contributed by atoms with Crippen LogP contribution in [0.5, 0.6) is 0 Å². The van der Waals surface area contributed by atoms with E-state index in [1.807, 2.05) is 36.4 Å². The molecule has 0 saturated carbocycles. The molecule has 1 N–H and O–H groups in total. The molecule has 0 radical (unpaired) electrons. The van der Waals surface area contributed by atoms with Crippen molar-refractivity contribution in [1.29, 1.82) is 0 Å².